The third-order valence-corrected chi connectivity index (χ3v) is 13.2. The van der Waals surface area contributed by atoms with E-state index in [0.29, 0.717) is 17.5 Å². The van der Waals surface area contributed by atoms with E-state index in [9.17, 15) is 18.0 Å². The first-order valence-corrected chi connectivity index (χ1v) is 22.3. The molecule has 1 saturated carbocycles. The first-order valence-electron chi connectivity index (χ1n) is 22.3. The molecule has 2 saturated heterocycles. The first kappa shape index (κ1) is 41.0. The third-order valence-electron chi connectivity index (χ3n) is 13.2. The highest BCUT2D eigenvalue weighted by Gasteiger charge is 2.37. The predicted molar refractivity (Wildman–Crippen MR) is 241 cm³/mol. The Morgan fingerprint density at radius 1 is 0.778 bits per heavy atom. The number of aromatic nitrogens is 5. The Kier molecular flexibility index (Phi) is 11.5. The highest BCUT2D eigenvalue weighted by molar-refractivity contribution is 5.95. The van der Waals surface area contributed by atoms with Gasteiger partial charge in [0.05, 0.1) is 18.1 Å². The number of amides is 1. The first-order chi connectivity index (χ1) is 30.7. The van der Waals surface area contributed by atoms with Crippen LogP contribution < -0.4 is 10.6 Å². The summed E-state index contributed by atoms with van der Waals surface area (Å²) in [6.07, 6.45) is 5.24. The number of likely N-dealkylation sites (tertiary alicyclic amines) is 2. The maximum absolute atomic E-state index is 13.4. The fraction of sp³-hybridized carbons (Fsp3) is 0.360. The number of H-pyrrole nitrogens is 1. The van der Waals surface area contributed by atoms with Crippen molar-refractivity contribution in [2.24, 2.45) is 17.8 Å². The third kappa shape index (κ3) is 9.64. The lowest BCUT2D eigenvalue weighted by molar-refractivity contribution is -0.131. The van der Waals surface area contributed by atoms with Gasteiger partial charge in [0.15, 0.2) is 0 Å². The second-order valence-electron chi connectivity index (χ2n) is 17.8. The van der Waals surface area contributed by atoms with Crippen LogP contribution in [-0.4, -0.2) is 79.3 Å². The maximum atomic E-state index is 13.4. The fourth-order valence-corrected chi connectivity index (χ4v) is 9.23. The molecule has 3 aromatic heterocycles. The molecule has 63 heavy (non-hydrogen) atoms. The molecule has 3 aliphatic rings. The Morgan fingerprint density at radius 2 is 1.46 bits per heavy atom. The number of piperidine rings is 1. The van der Waals surface area contributed by atoms with E-state index in [4.69, 9.17) is 0 Å². The van der Waals surface area contributed by atoms with E-state index in [1.165, 1.54) is 46.0 Å². The lowest BCUT2D eigenvalue weighted by Gasteiger charge is -2.46. The molecule has 5 heterocycles. The van der Waals surface area contributed by atoms with Gasteiger partial charge in [-0.1, -0.05) is 66.7 Å². The van der Waals surface area contributed by atoms with Gasteiger partial charge in [0.2, 0.25) is 5.95 Å². The molecular formula is C50H52F3N9O. The second-order valence-corrected chi connectivity index (χ2v) is 17.8. The fourth-order valence-electron chi connectivity index (χ4n) is 9.23. The normalized spacial score (nSPS) is 16.5. The number of rotatable bonds is 15. The monoisotopic (exact) mass is 851 g/mol. The zero-order valence-electron chi connectivity index (χ0n) is 35.2. The molecule has 0 unspecified atom stereocenters. The Hall–Kier alpha value is -6.05. The van der Waals surface area contributed by atoms with Gasteiger partial charge in [-0.25, -0.2) is 4.98 Å². The zero-order valence-corrected chi connectivity index (χ0v) is 35.2. The van der Waals surface area contributed by atoms with Crippen molar-refractivity contribution in [3.8, 4) is 22.3 Å². The molecule has 3 fully saturated rings. The van der Waals surface area contributed by atoms with Crippen LogP contribution in [0.3, 0.4) is 0 Å². The molecule has 7 aromatic rings. The summed E-state index contributed by atoms with van der Waals surface area (Å²) in [5, 5.41) is 12.8. The number of nitrogens with one attached hydrogen (secondary N) is 3. The van der Waals surface area contributed by atoms with Crippen LogP contribution in [0.25, 0.3) is 44.2 Å². The van der Waals surface area contributed by atoms with Crippen LogP contribution in [0.5, 0.6) is 0 Å². The van der Waals surface area contributed by atoms with E-state index in [2.05, 4.69) is 119 Å². The van der Waals surface area contributed by atoms with Crippen molar-refractivity contribution < 1.29 is 18.0 Å². The van der Waals surface area contributed by atoms with Crippen LogP contribution >= 0.6 is 0 Å². The second kappa shape index (κ2) is 17.6. The van der Waals surface area contributed by atoms with E-state index >= 15 is 0 Å². The molecule has 13 heteroatoms. The molecule has 10 nitrogen and oxygen atoms in total. The molecule has 4 aromatic carbocycles. The Morgan fingerprint density at radius 3 is 2.17 bits per heavy atom. The van der Waals surface area contributed by atoms with Crippen LogP contribution in [0.2, 0.25) is 0 Å². The number of carbonyl (C=O) groups excluding carboxylic acids is 1. The number of benzene rings is 4. The molecule has 324 valence electrons. The summed E-state index contributed by atoms with van der Waals surface area (Å²) in [4.78, 5) is 29.6. The number of aromatic amines is 1. The van der Waals surface area contributed by atoms with Gasteiger partial charge in [-0.15, -0.1) is 0 Å². The van der Waals surface area contributed by atoms with E-state index in [1.807, 2.05) is 29.4 Å². The average molecular weight is 852 g/mol. The lowest BCUT2D eigenvalue weighted by atomic mass is 9.79. The molecule has 0 bridgehead atoms. The van der Waals surface area contributed by atoms with Crippen LogP contribution in [0.15, 0.2) is 110 Å². The average Bonchev–Trinajstić information content (AvgIpc) is 3.86. The van der Waals surface area contributed by atoms with E-state index in [-0.39, 0.29) is 18.4 Å². The van der Waals surface area contributed by atoms with E-state index in [1.54, 1.807) is 6.20 Å². The Balaban J connectivity index is 0.634. The molecule has 0 radical (unpaired) electrons. The van der Waals surface area contributed by atoms with Crippen LogP contribution in [-0.2, 0) is 26.2 Å². The van der Waals surface area contributed by atoms with Crippen molar-refractivity contribution in [1.82, 2.24) is 39.8 Å². The van der Waals surface area contributed by atoms with Crippen molar-refractivity contribution in [3.05, 3.63) is 132 Å². The quantitative estimate of drug-likeness (QED) is 0.0944. The summed E-state index contributed by atoms with van der Waals surface area (Å²) >= 11 is 0. The topological polar surface area (TPSA) is 107 Å². The number of anilines is 1. The summed E-state index contributed by atoms with van der Waals surface area (Å²) in [5.41, 5.74) is 10.6. The van der Waals surface area contributed by atoms with Crippen LogP contribution in [0, 0.1) is 17.8 Å². The van der Waals surface area contributed by atoms with Gasteiger partial charge in [-0.05, 0) is 114 Å². The number of hydrogen-bond acceptors (Lipinski definition) is 7. The Bertz CT molecular complexity index is 2670. The smallest absolute Gasteiger partial charge is 0.354 e. The number of nitrogens with zero attached hydrogens (tertiary/aromatic N) is 6. The predicted octanol–water partition coefficient (Wildman–Crippen LogP) is 9.69. The molecule has 3 N–H and O–H groups in total. The molecule has 1 amide bonds. The minimum absolute atomic E-state index is 0.125. The van der Waals surface area contributed by atoms with E-state index in [0.717, 1.165) is 98.8 Å². The van der Waals surface area contributed by atoms with Gasteiger partial charge in [0.1, 0.15) is 5.65 Å². The molecular weight excluding hydrogens is 800 g/mol. The summed E-state index contributed by atoms with van der Waals surface area (Å²) < 4.78 is 39.7. The van der Waals surface area contributed by atoms with Crippen LogP contribution in [0.4, 0.5) is 19.1 Å². The number of fused-ring (bicyclic) bond motifs is 2. The number of hydrogen-bond donors (Lipinski definition) is 3. The van der Waals surface area contributed by atoms with Gasteiger partial charge in [0, 0.05) is 80.1 Å². The summed E-state index contributed by atoms with van der Waals surface area (Å²) in [5.74, 6) is 2.29. The highest BCUT2D eigenvalue weighted by Crippen LogP contribution is 2.35. The molecule has 0 spiro atoms. The van der Waals surface area contributed by atoms with Gasteiger partial charge >= 0.3 is 6.18 Å². The SMILES string of the molecule is O=C(c1ccc(CNCc2ccc(-c3ccc4c(cnn4CC4CC4)c3)cc2)cc1)N1CC(C2CCN(Cc3ccc(-c4c[nH]c5nc(NCCC(F)(F)F)ncc45)cc3)CC2)C1. The van der Waals surface area contributed by atoms with Crippen molar-refractivity contribution >= 4 is 33.8 Å². The lowest BCUT2D eigenvalue weighted by Crippen LogP contribution is -2.54. The van der Waals surface area contributed by atoms with Crippen LogP contribution in [0.1, 0.15) is 59.2 Å². The summed E-state index contributed by atoms with van der Waals surface area (Å²) in [6.45, 7) is 6.89. The van der Waals surface area contributed by atoms with Gasteiger partial charge in [-0.2, -0.15) is 23.3 Å². The van der Waals surface area contributed by atoms with Gasteiger partial charge < -0.3 is 20.5 Å². The molecule has 0 atom stereocenters. The van der Waals surface area contributed by atoms with E-state index < -0.39 is 12.6 Å². The Labute approximate surface area is 364 Å². The molecule has 2 aliphatic heterocycles. The van der Waals surface area contributed by atoms with Gasteiger partial charge in [0.25, 0.3) is 5.91 Å². The molecule has 10 rings (SSSR count). The van der Waals surface area contributed by atoms with Crippen molar-refractivity contribution in [2.45, 2.75) is 64.5 Å². The number of alkyl halides is 3. The number of halogens is 3. The van der Waals surface area contributed by atoms with Crippen molar-refractivity contribution in [2.75, 3.05) is 38.0 Å². The minimum atomic E-state index is -4.23. The van der Waals surface area contributed by atoms with Gasteiger partial charge in [-0.3, -0.25) is 14.4 Å². The highest BCUT2D eigenvalue weighted by atomic mass is 19.4. The molecule has 1 aliphatic carbocycles. The number of carbonyl (C=O) groups is 1. The standard InChI is InChI=1S/C50H52F3N9O/c51-50(52,53)19-20-55-49-57-28-45-44(27-56-47(45)59-49)39-11-7-35(8-12-39)29-60-21-17-38(18-22-60)43-31-61(32-43)48(63)40-13-5-34(6-14-40)25-54-24-33-3-9-37(10-4-33)41-15-16-46-42(23-41)26-58-62(46)30-36-1-2-36/h3-16,23,26-28,36,38,43,54H,1-2,17-22,24-25,29-32H2,(H2,55,56,57,59). The zero-order chi connectivity index (χ0) is 42.9. The maximum Gasteiger partial charge on any atom is 0.390 e. The van der Waals surface area contributed by atoms with Crippen molar-refractivity contribution in [3.63, 3.8) is 0 Å². The largest absolute Gasteiger partial charge is 0.390 e. The summed E-state index contributed by atoms with van der Waals surface area (Å²) in [6, 6.07) is 32.0. The summed E-state index contributed by atoms with van der Waals surface area (Å²) in [7, 11) is 0. The minimum Gasteiger partial charge on any atom is -0.354 e. The van der Waals surface area contributed by atoms with Crippen molar-refractivity contribution in [1.29, 1.82) is 0 Å².